The minimum Gasteiger partial charge on any atom is -0.443 e. The number of methoxy groups -OCH3 is 1. The van der Waals surface area contributed by atoms with Crippen molar-refractivity contribution in [3.63, 3.8) is 0 Å². The lowest BCUT2D eigenvalue weighted by Crippen LogP contribution is -2.56. The van der Waals surface area contributed by atoms with Gasteiger partial charge in [0, 0.05) is 34.3 Å². The predicted molar refractivity (Wildman–Crippen MR) is 124 cm³/mol. The molecule has 1 spiro atoms. The third-order valence-electron chi connectivity index (χ3n) is 7.33. The van der Waals surface area contributed by atoms with Crippen molar-refractivity contribution < 1.29 is 28.5 Å². The number of likely N-dealkylation sites (N-methyl/N-ethyl adjacent to an activating group) is 3. The number of nitrogens with zero attached hydrogens (tertiary/aromatic N) is 2. The largest absolute Gasteiger partial charge is 0.443 e. The van der Waals surface area contributed by atoms with Crippen LogP contribution >= 0.6 is 0 Å². The van der Waals surface area contributed by atoms with Crippen molar-refractivity contribution >= 4 is 12.0 Å². The maximum absolute atomic E-state index is 12.8. The summed E-state index contributed by atoms with van der Waals surface area (Å²) in [5.41, 5.74) is 0.655. The number of hydrogen-bond donors (Lipinski definition) is 1. The van der Waals surface area contributed by atoms with E-state index in [-0.39, 0.29) is 47.9 Å². The summed E-state index contributed by atoms with van der Waals surface area (Å²) in [5, 5.41) is 2.84. The molecule has 0 aromatic rings. The lowest BCUT2D eigenvalue weighted by Gasteiger charge is -2.43. The maximum Gasteiger partial charge on any atom is 0.409 e. The van der Waals surface area contributed by atoms with Gasteiger partial charge in [-0.05, 0) is 47.1 Å². The van der Waals surface area contributed by atoms with Crippen LogP contribution in [0.5, 0.6) is 0 Å². The van der Waals surface area contributed by atoms with Gasteiger partial charge < -0.3 is 34.1 Å². The fourth-order valence-corrected chi connectivity index (χ4v) is 5.09. The molecule has 1 N–H and O–H groups in total. The van der Waals surface area contributed by atoms with E-state index in [0.717, 1.165) is 12.8 Å². The predicted octanol–water partition coefficient (Wildman–Crippen LogP) is 1.81. The Bertz CT molecular complexity index is 750. The molecule has 0 aromatic carbocycles. The molecule has 4 unspecified atom stereocenters. The zero-order valence-electron chi connectivity index (χ0n) is 21.2. The molecule has 3 fully saturated rings. The Morgan fingerprint density at radius 1 is 1.21 bits per heavy atom. The fourth-order valence-electron chi connectivity index (χ4n) is 5.09. The number of ether oxygens (including phenoxy) is 4. The van der Waals surface area contributed by atoms with E-state index < -0.39 is 6.09 Å². The molecular weight excluding hydrogens is 426 g/mol. The number of epoxide rings is 2. The normalized spacial score (nSPS) is 34.5. The van der Waals surface area contributed by atoms with E-state index in [2.05, 4.69) is 32.2 Å². The number of carbonyl (C=O) groups is 2. The van der Waals surface area contributed by atoms with E-state index in [0.29, 0.717) is 26.1 Å². The van der Waals surface area contributed by atoms with Crippen molar-refractivity contribution in [3.8, 4) is 0 Å². The Morgan fingerprint density at radius 3 is 2.45 bits per heavy atom. The average Bonchev–Trinajstić information content (AvgIpc) is 3.68. The molecule has 0 radical (unpaired) electrons. The van der Waals surface area contributed by atoms with Crippen LogP contribution in [0.1, 0.15) is 40.0 Å². The van der Waals surface area contributed by atoms with Gasteiger partial charge in [0.25, 0.3) is 0 Å². The summed E-state index contributed by atoms with van der Waals surface area (Å²) in [7, 11) is 6.81. The molecule has 1 saturated carbocycles. The molecule has 2 aliphatic heterocycles. The molecule has 0 aromatic heterocycles. The van der Waals surface area contributed by atoms with E-state index >= 15 is 0 Å². The van der Waals surface area contributed by atoms with Gasteiger partial charge in [-0.2, -0.15) is 0 Å². The summed E-state index contributed by atoms with van der Waals surface area (Å²) in [6, 6.07) is 0. The number of amides is 2. The molecule has 3 aliphatic rings. The zero-order chi connectivity index (χ0) is 24.4. The molecule has 9 nitrogen and oxygen atoms in total. The lowest BCUT2D eigenvalue weighted by molar-refractivity contribution is -0.129. The molecule has 3 rings (SSSR count). The van der Waals surface area contributed by atoms with E-state index in [1.165, 1.54) is 10.5 Å². The maximum atomic E-state index is 12.8. The van der Waals surface area contributed by atoms with Gasteiger partial charge in [-0.1, -0.05) is 11.6 Å². The van der Waals surface area contributed by atoms with Crippen LogP contribution in [0.2, 0.25) is 0 Å². The molecule has 33 heavy (non-hydrogen) atoms. The van der Waals surface area contributed by atoms with Crippen LogP contribution in [-0.2, 0) is 23.7 Å². The first-order chi connectivity index (χ1) is 15.6. The van der Waals surface area contributed by atoms with Crippen LogP contribution in [0.4, 0.5) is 4.79 Å². The summed E-state index contributed by atoms with van der Waals surface area (Å²) in [6.45, 7) is 8.08. The van der Waals surface area contributed by atoms with Crippen molar-refractivity contribution in [3.05, 3.63) is 11.6 Å². The molecule has 6 atom stereocenters. The Hall–Kier alpha value is -1.68. The van der Waals surface area contributed by atoms with Crippen LogP contribution < -0.4 is 5.32 Å². The van der Waals surface area contributed by atoms with Gasteiger partial charge in [-0.15, -0.1) is 0 Å². The molecule has 2 amide bonds. The van der Waals surface area contributed by atoms with Crippen molar-refractivity contribution in [2.75, 3.05) is 54.5 Å². The Morgan fingerprint density at radius 2 is 1.88 bits per heavy atom. The molecule has 0 bridgehead atoms. The zero-order valence-corrected chi connectivity index (χ0v) is 21.2. The minimum atomic E-state index is -0.411. The first-order valence-corrected chi connectivity index (χ1v) is 11.9. The van der Waals surface area contributed by atoms with Crippen LogP contribution in [0.15, 0.2) is 11.6 Å². The summed E-state index contributed by atoms with van der Waals surface area (Å²) >= 11 is 0. The number of hydrogen-bond acceptors (Lipinski definition) is 7. The van der Waals surface area contributed by atoms with Gasteiger partial charge in [-0.25, -0.2) is 4.79 Å². The Labute approximate surface area is 197 Å². The summed E-state index contributed by atoms with van der Waals surface area (Å²) < 4.78 is 24.0. The summed E-state index contributed by atoms with van der Waals surface area (Å²) in [6.07, 6.45) is 3.57. The van der Waals surface area contributed by atoms with Crippen molar-refractivity contribution in [2.24, 2.45) is 5.92 Å². The highest BCUT2D eigenvalue weighted by Gasteiger charge is 2.72. The van der Waals surface area contributed by atoms with Crippen molar-refractivity contribution in [2.45, 2.75) is 69.5 Å². The van der Waals surface area contributed by atoms with Gasteiger partial charge in [0.05, 0.1) is 25.2 Å². The quantitative estimate of drug-likeness (QED) is 0.387. The third-order valence-corrected chi connectivity index (χ3v) is 7.33. The number of nitrogens with one attached hydrogen (secondary N) is 1. The highest BCUT2D eigenvalue weighted by atomic mass is 16.6. The van der Waals surface area contributed by atoms with E-state index in [1.54, 1.807) is 33.2 Å². The molecule has 9 heteroatoms. The first kappa shape index (κ1) is 25.9. The topological polar surface area (TPSA) is 96.2 Å². The second-order valence-electron chi connectivity index (χ2n) is 10.1. The molecular formula is C24H41N3O6. The van der Waals surface area contributed by atoms with Crippen molar-refractivity contribution in [1.82, 2.24) is 15.1 Å². The number of allylic oxidation sites excluding steroid dienone is 1. The Kier molecular flexibility index (Phi) is 8.09. The molecule has 2 saturated heterocycles. The smallest absolute Gasteiger partial charge is 0.409 e. The highest BCUT2D eigenvalue weighted by molar-refractivity contribution is 5.78. The lowest BCUT2D eigenvalue weighted by atomic mass is 9.68. The highest BCUT2D eigenvalue weighted by Crippen LogP contribution is 2.59. The van der Waals surface area contributed by atoms with Gasteiger partial charge >= 0.3 is 6.09 Å². The minimum absolute atomic E-state index is 0.00674. The average molecular weight is 468 g/mol. The SMILES string of the molecule is CNCC(=O)N(C)CCN(C)C(=O)OC1CC[C@]2(CO2)C(C2(C)O[C@@H]2CC=C(C)C)C1OC. The van der Waals surface area contributed by atoms with Gasteiger partial charge in [0.15, 0.2) is 0 Å². The first-order valence-electron chi connectivity index (χ1n) is 11.9. The van der Waals surface area contributed by atoms with E-state index in [1.807, 2.05) is 0 Å². The second kappa shape index (κ2) is 10.3. The fraction of sp³-hybridized carbons (Fsp3) is 0.833. The van der Waals surface area contributed by atoms with E-state index in [9.17, 15) is 9.59 Å². The third kappa shape index (κ3) is 5.70. The van der Waals surface area contributed by atoms with Crippen LogP contribution in [0, 0.1) is 5.92 Å². The van der Waals surface area contributed by atoms with Crippen LogP contribution in [0.3, 0.4) is 0 Å². The molecule has 188 valence electrons. The van der Waals surface area contributed by atoms with Gasteiger partial charge in [-0.3, -0.25) is 4.79 Å². The van der Waals surface area contributed by atoms with E-state index in [4.69, 9.17) is 18.9 Å². The molecule has 1 aliphatic carbocycles. The van der Waals surface area contributed by atoms with Gasteiger partial charge in [0.2, 0.25) is 5.91 Å². The van der Waals surface area contributed by atoms with Crippen molar-refractivity contribution in [1.29, 1.82) is 0 Å². The monoisotopic (exact) mass is 467 g/mol. The Balaban J connectivity index is 1.61. The number of carbonyl (C=O) groups excluding carboxylic acids is 2. The standard InChI is InChI=1S/C24H41N3O6/c1-16(2)8-9-18-23(3,33-18)21-20(30-7)17(10-11-24(21)15-31-24)32-22(29)27(6)13-12-26(5)19(28)14-25-4/h8,17-18,20-21,25H,9-15H2,1-7H3/t17?,18-,20?,21?,23?,24+/m1/s1. The van der Waals surface area contributed by atoms with Crippen LogP contribution in [-0.4, -0.2) is 106 Å². The van der Waals surface area contributed by atoms with Crippen LogP contribution in [0.25, 0.3) is 0 Å². The van der Waals surface area contributed by atoms with Gasteiger partial charge in [0.1, 0.15) is 23.4 Å². The molecule has 2 heterocycles. The second-order valence-corrected chi connectivity index (χ2v) is 10.1. The summed E-state index contributed by atoms with van der Waals surface area (Å²) in [4.78, 5) is 27.9. The number of rotatable bonds is 10. The summed E-state index contributed by atoms with van der Waals surface area (Å²) in [5.74, 6) is -0.0309.